The van der Waals surface area contributed by atoms with Crippen LogP contribution in [0.25, 0.3) is 0 Å². The molecule has 134 valence electrons. The molecule has 2 rings (SSSR count). The van der Waals surface area contributed by atoms with Crippen LogP contribution >= 0.6 is 0 Å². The molecule has 24 heavy (non-hydrogen) atoms. The number of carbonyl (C=O) groups is 1. The van der Waals surface area contributed by atoms with Gasteiger partial charge in [-0.05, 0) is 33.6 Å². The summed E-state index contributed by atoms with van der Waals surface area (Å²) in [7, 11) is 3.73. The first-order valence-electron chi connectivity index (χ1n) is 8.59. The summed E-state index contributed by atoms with van der Waals surface area (Å²) >= 11 is 0. The predicted octanol–water partition coefficient (Wildman–Crippen LogP) is 1.39. The van der Waals surface area contributed by atoms with Crippen LogP contribution in [0.1, 0.15) is 36.7 Å². The van der Waals surface area contributed by atoms with Crippen LogP contribution in [-0.2, 0) is 23.1 Å². The molecule has 7 nitrogen and oxygen atoms in total. The number of hydrogen-bond acceptors (Lipinski definition) is 4. The number of aryl methyl sites for hydroxylation is 2. The second kappa shape index (κ2) is 8.17. The van der Waals surface area contributed by atoms with Gasteiger partial charge in [-0.1, -0.05) is 0 Å². The lowest BCUT2D eigenvalue weighted by Crippen LogP contribution is -2.48. The molecule has 1 fully saturated rings. The molecule has 1 aromatic heterocycles. The van der Waals surface area contributed by atoms with Crippen LogP contribution < -0.4 is 5.32 Å². The highest BCUT2D eigenvalue weighted by Gasteiger charge is 2.28. The highest BCUT2D eigenvalue weighted by molar-refractivity contribution is 5.81. The van der Waals surface area contributed by atoms with E-state index in [0.29, 0.717) is 19.7 Å². The van der Waals surface area contributed by atoms with Crippen molar-refractivity contribution in [3.63, 3.8) is 0 Å². The number of likely N-dealkylation sites (tertiary alicyclic amines) is 1. The van der Waals surface area contributed by atoms with E-state index in [-0.39, 0.29) is 11.9 Å². The predicted molar refractivity (Wildman–Crippen MR) is 93.8 cm³/mol. The summed E-state index contributed by atoms with van der Waals surface area (Å²) < 4.78 is 7.07. The summed E-state index contributed by atoms with van der Waals surface area (Å²) in [5.74, 6) is 0.655. The molecule has 0 aromatic carbocycles. The molecule has 7 heteroatoms. The molecule has 1 N–H and O–H groups in total. The molecule has 1 aliphatic rings. The van der Waals surface area contributed by atoms with E-state index in [4.69, 9.17) is 4.74 Å². The highest BCUT2D eigenvalue weighted by Crippen LogP contribution is 2.18. The topological polar surface area (TPSA) is 71.8 Å². The Labute approximate surface area is 144 Å². The molecule has 0 spiro atoms. The number of nitrogens with one attached hydrogen (secondary N) is 1. The molecule has 0 radical (unpaired) electrons. The van der Waals surface area contributed by atoms with Crippen molar-refractivity contribution in [1.82, 2.24) is 20.0 Å². The number of guanidine groups is 1. The number of piperidine rings is 1. The zero-order valence-corrected chi connectivity index (χ0v) is 15.4. The van der Waals surface area contributed by atoms with Gasteiger partial charge in [-0.2, -0.15) is 5.10 Å². The van der Waals surface area contributed by atoms with Crippen LogP contribution in [-0.4, -0.2) is 53.4 Å². The first-order chi connectivity index (χ1) is 11.5. The van der Waals surface area contributed by atoms with E-state index in [2.05, 4.69) is 27.2 Å². The van der Waals surface area contributed by atoms with Crippen molar-refractivity contribution in [2.24, 2.45) is 18.0 Å². The number of hydrogen-bond donors (Lipinski definition) is 1. The number of aliphatic imine (C=N–C) groups is 1. The zero-order chi connectivity index (χ0) is 17.7. The van der Waals surface area contributed by atoms with Crippen LogP contribution in [0.2, 0.25) is 0 Å². The van der Waals surface area contributed by atoms with Gasteiger partial charge >= 0.3 is 5.97 Å². The summed E-state index contributed by atoms with van der Waals surface area (Å²) in [5, 5.41) is 7.86. The Morgan fingerprint density at radius 1 is 1.46 bits per heavy atom. The van der Waals surface area contributed by atoms with E-state index in [1.807, 2.05) is 25.6 Å². The van der Waals surface area contributed by atoms with Crippen molar-refractivity contribution in [2.75, 3.05) is 26.7 Å². The van der Waals surface area contributed by atoms with Gasteiger partial charge in [0.1, 0.15) is 0 Å². The molecule has 0 saturated carbocycles. The van der Waals surface area contributed by atoms with Crippen LogP contribution in [0.5, 0.6) is 0 Å². The van der Waals surface area contributed by atoms with Gasteiger partial charge in [-0.3, -0.25) is 14.5 Å². The van der Waals surface area contributed by atoms with E-state index in [9.17, 15) is 4.79 Å². The minimum absolute atomic E-state index is 0.0703. The number of carbonyl (C=O) groups excluding carboxylic acids is 1. The average molecular weight is 335 g/mol. The molecule has 1 saturated heterocycles. The fraction of sp³-hybridized carbons (Fsp3) is 0.706. The molecule has 0 amide bonds. The summed E-state index contributed by atoms with van der Waals surface area (Å²) in [4.78, 5) is 18.5. The third-order valence-electron chi connectivity index (χ3n) is 4.63. The standard InChI is InChI=1S/C17H29N5O2/c1-6-24-16(23)14-8-7-9-22(11-14)17(18-4)19-10-15-12(2)20-21(5)13(15)3/h14H,6-11H2,1-5H3,(H,18,19). The van der Waals surface area contributed by atoms with E-state index >= 15 is 0 Å². The van der Waals surface area contributed by atoms with Gasteiger partial charge in [0.05, 0.1) is 18.2 Å². The minimum Gasteiger partial charge on any atom is -0.466 e. The van der Waals surface area contributed by atoms with E-state index in [1.54, 1.807) is 7.05 Å². The lowest BCUT2D eigenvalue weighted by Gasteiger charge is -2.34. The molecule has 1 aromatic rings. The van der Waals surface area contributed by atoms with Gasteiger partial charge in [-0.25, -0.2) is 0 Å². The number of ether oxygens (including phenoxy) is 1. The van der Waals surface area contributed by atoms with Crippen LogP contribution in [0, 0.1) is 19.8 Å². The summed E-state index contributed by atoms with van der Waals surface area (Å²) in [6.07, 6.45) is 1.85. The Morgan fingerprint density at radius 3 is 2.79 bits per heavy atom. The molecule has 1 aliphatic heterocycles. The summed E-state index contributed by atoms with van der Waals surface area (Å²) in [6.45, 7) is 8.60. The molecule has 2 heterocycles. The van der Waals surface area contributed by atoms with Crippen molar-refractivity contribution < 1.29 is 9.53 Å². The Kier molecular flexibility index (Phi) is 6.23. The second-order valence-electron chi connectivity index (χ2n) is 6.21. The lowest BCUT2D eigenvalue weighted by atomic mass is 9.98. The van der Waals surface area contributed by atoms with Gasteiger partial charge in [-0.15, -0.1) is 0 Å². The molecular weight excluding hydrogens is 306 g/mol. The van der Waals surface area contributed by atoms with Crippen LogP contribution in [0.4, 0.5) is 0 Å². The van der Waals surface area contributed by atoms with Gasteiger partial charge in [0.15, 0.2) is 5.96 Å². The van der Waals surface area contributed by atoms with E-state index < -0.39 is 0 Å². The maximum Gasteiger partial charge on any atom is 0.310 e. The van der Waals surface area contributed by atoms with Crippen molar-refractivity contribution in [2.45, 2.75) is 40.2 Å². The molecule has 1 unspecified atom stereocenters. The molecule has 1 atom stereocenters. The van der Waals surface area contributed by atoms with Gasteiger partial charge < -0.3 is 15.0 Å². The van der Waals surface area contributed by atoms with E-state index in [0.717, 1.165) is 36.7 Å². The molecule has 0 bridgehead atoms. The van der Waals surface area contributed by atoms with Crippen molar-refractivity contribution in [3.05, 3.63) is 17.0 Å². The Hall–Kier alpha value is -2.05. The van der Waals surface area contributed by atoms with Crippen LogP contribution in [0.15, 0.2) is 4.99 Å². The van der Waals surface area contributed by atoms with Gasteiger partial charge in [0, 0.05) is 45.0 Å². The zero-order valence-electron chi connectivity index (χ0n) is 15.4. The molecule has 0 aliphatic carbocycles. The first-order valence-corrected chi connectivity index (χ1v) is 8.59. The number of aromatic nitrogens is 2. The maximum absolute atomic E-state index is 12.0. The fourth-order valence-corrected chi connectivity index (χ4v) is 3.20. The van der Waals surface area contributed by atoms with Crippen molar-refractivity contribution in [3.8, 4) is 0 Å². The first kappa shape index (κ1) is 18.3. The highest BCUT2D eigenvalue weighted by atomic mass is 16.5. The van der Waals surface area contributed by atoms with Crippen molar-refractivity contribution in [1.29, 1.82) is 0 Å². The quantitative estimate of drug-likeness (QED) is 0.511. The summed E-state index contributed by atoms with van der Waals surface area (Å²) in [6, 6.07) is 0. The smallest absolute Gasteiger partial charge is 0.310 e. The Bertz CT molecular complexity index is 608. The monoisotopic (exact) mass is 335 g/mol. The Balaban J connectivity index is 1.99. The third-order valence-corrected chi connectivity index (χ3v) is 4.63. The van der Waals surface area contributed by atoms with Crippen molar-refractivity contribution >= 4 is 11.9 Å². The number of esters is 1. The van der Waals surface area contributed by atoms with E-state index in [1.165, 1.54) is 5.56 Å². The molecular formula is C17H29N5O2. The second-order valence-corrected chi connectivity index (χ2v) is 6.21. The normalized spacial score (nSPS) is 18.6. The number of rotatable bonds is 4. The lowest BCUT2D eigenvalue weighted by molar-refractivity contribution is -0.149. The maximum atomic E-state index is 12.0. The average Bonchev–Trinajstić information content (AvgIpc) is 2.81. The number of nitrogens with zero attached hydrogens (tertiary/aromatic N) is 4. The summed E-state index contributed by atoms with van der Waals surface area (Å²) in [5.41, 5.74) is 3.37. The Morgan fingerprint density at radius 2 is 2.21 bits per heavy atom. The fourth-order valence-electron chi connectivity index (χ4n) is 3.20. The van der Waals surface area contributed by atoms with Gasteiger partial charge in [0.2, 0.25) is 0 Å². The van der Waals surface area contributed by atoms with Crippen LogP contribution in [0.3, 0.4) is 0 Å². The third kappa shape index (κ3) is 4.07. The largest absolute Gasteiger partial charge is 0.466 e. The minimum atomic E-state index is -0.100. The van der Waals surface area contributed by atoms with Gasteiger partial charge in [0.25, 0.3) is 0 Å². The SMILES string of the molecule is CCOC(=O)C1CCCN(C(=NC)NCc2c(C)nn(C)c2C)C1.